The van der Waals surface area contributed by atoms with Crippen molar-refractivity contribution < 1.29 is 0 Å². The van der Waals surface area contributed by atoms with Crippen molar-refractivity contribution in [2.75, 3.05) is 0 Å². The lowest BCUT2D eigenvalue weighted by molar-refractivity contribution is 1.20. The van der Waals surface area contributed by atoms with E-state index in [0.717, 1.165) is 12.1 Å². The number of para-hydroxylation sites is 2. The molecule has 1 aromatic heterocycles. The van der Waals surface area contributed by atoms with Crippen LogP contribution < -0.4 is 0 Å². The number of H-pyrrole nitrogens is 1. The van der Waals surface area contributed by atoms with Gasteiger partial charge < -0.3 is 4.98 Å². The molecular formula is C18H12N2. The van der Waals surface area contributed by atoms with Gasteiger partial charge in [0.25, 0.3) is 0 Å². The normalized spacial score (nSPS) is 15.4. The number of benzene rings is 2. The lowest BCUT2D eigenvalue weighted by Crippen LogP contribution is -2.08. The predicted octanol–water partition coefficient (Wildman–Crippen LogP) is 4.35. The van der Waals surface area contributed by atoms with E-state index in [9.17, 15) is 0 Å². The first kappa shape index (κ1) is 10.2. The first-order valence-corrected chi connectivity index (χ1v) is 6.89. The van der Waals surface area contributed by atoms with E-state index >= 15 is 0 Å². The van der Waals surface area contributed by atoms with Crippen molar-refractivity contribution in [1.29, 1.82) is 0 Å². The highest BCUT2D eigenvalue weighted by molar-refractivity contribution is 6.35. The van der Waals surface area contributed by atoms with Gasteiger partial charge in [-0.25, -0.2) is 0 Å². The summed E-state index contributed by atoms with van der Waals surface area (Å²) in [5.74, 6) is 0. The maximum absolute atomic E-state index is 4.77. The predicted molar refractivity (Wildman–Crippen MR) is 83.4 cm³/mol. The van der Waals surface area contributed by atoms with Gasteiger partial charge in [0.15, 0.2) is 0 Å². The van der Waals surface area contributed by atoms with Gasteiger partial charge in [-0.2, -0.15) is 0 Å². The standard InChI is InChI=1S/C18H12N2/c1-3-7-15-11(5-1)13-9-14-12-6-2-4-8-16(12)20-18(14)10-17(13)19-15/h1-9,19H,10H2. The van der Waals surface area contributed by atoms with Crippen LogP contribution in [0.3, 0.4) is 0 Å². The molecule has 0 bridgehead atoms. The van der Waals surface area contributed by atoms with E-state index in [4.69, 9.17) is 4.99 Å². The van der Waals surface area contributed by atoms with Gasteiger partial charge in [-0.05, 0) is 18.2 Å². The average Bonchev–Trinajstić information content (AvgIpc) is 3.02. The molecule has 0 radical (unpaired) electrons. The summed E-state index contributed by atoms with van der Waals surface area (Å²) in [6, 6.07) is 16.9. The van der Waals surface area contributed by atoms with E-state index in [1.807, 2.05) is 0 Å². The third-order valence-corrected chi connectivity index (χ3v) is 4.22. The lowest BCUT2D eigenvalue weighted by Gasteiger charge is -2.11. The minimum absolute atomic E-state index is 0.893. The number of nitrogens with zero attached hydrogens (tertiary/aromatic N) is 1. The van der Waals surface area contributed by atoms with Crippen LogP contribution in [0, 0.1) is 0 Å². The number of aromatic nitrogens is 1. The van der Waals surface area contributed by atoms with Crippen LogP contribution in [0.5, 0.6) is 0 Å². The van der Waals surface area contributed by atoms with Crippen molar-refractivity contribution >= 4 is 34.0 Å². The Bertz CT molecular complexity index is 925. The summed E-state index contributed by atoms with van der Waals surface area (Å²) in [4.78, 5) is 8.30. The third kappa shape index (κ3) is 1.21. The van der Waals surface area contributed by atoms with Crippen LogP contribution in [-0.2, 0) is 6.42 Å². The molecule has 1 aliphatic carbocycles. The molecule has 0 unspecified atom stereocenters. The Morgan fingerprint density at radius 1 is 0.950 bits per heavy atom. The second-order valence-corrected chi connectivity index (χ2v) is 5.37. The number of nitrogens with one attached hydrogen (secondary N) is 1. The summed E-state index contributed by atoms with van der Waals surface area (Å²) in [7, 11) is 0. The van der Waals surface area contributed by atoms with Crippen molar-refractivity contribution in [2.45, 2.75) is 6.42 Å². The van der Waals surface area contributed by atoms with Crippen LogP contribution in [-0.4, -0.2) is 10.7 Å². The van der Waals surface area contributed by atoms with Gasteiger partial charge >= 0.3 is 0 Å². The number of hydrogen-bond acceptors (Lipinski definition) is 1. The van der Waals surface area contributed by atoms with E-state index < -0.39 is 0 Å². The summed E-state index contributed by atoms with van der Waals surface area (Å²) in [6.07, 6.45) is 3.19. The van der Waals surface area contributed by atoms with Crippen molar-refractivity contribution in [3.05, 3.63) is 65.4 Å². The number of hydrogen-bond donors (Lipinski definition) is 1. The highest BCUT2D eigenvalue weighted by Gasteiger charge is 2.26. The molecule has 20 heavy (non-hydrogen) atoms. The molecule has 0 atom stereocenters. The third-order valence-electron chi connectivity index (χ3n) is 4.22. The highest BCUT2D eigenvalue weighted by Crippen LogP contribution is 2.41. The number of aromatic amines is 1. The number of rotatable bonds is 0. The summed E-state index contributed by atoms with van der Waals surface area (Å²) in [5.41, 5.74) is 8.65. The minimum atomic E-state index is 0.893. The summed E-state index contributed by atoms with van der Waals surface area (Å²) in [6.45, 7) is 0. The molecule has 2 nitrogen and oxygen atoms in total. The SMILES string of the molecule is C1=C2C(=Nc3ccccc32)Cc2[nH]c3ccccc3c21. The molecule has 94 valence electrons. The molecule has 1 aliphatic heterocycles. The fourth-order valence-electron chi connectivity index (χ4n) is 3.29. The molecule has 0 amide bonds. The second-order valence-electron chi connectivity index (χ2n) is 5.37. The summed E-state index contributed by atoms with van der Waals surface area (Å²) in [5, 5.41) is 1.30. The van der Waals surface area contributed by atoms with Crippen LogP contribution in [0.15, 0.2) is 53.5 Å². The van der Waals surface area contributed by atoms with Gasteiger partial charge in [-0.1, -0.05) is 36.4 Å². The number of allylic oxidation sites excluding steroid dienone is 1. The Morgan fingerprint density at radius 2 is 1.80 bits per heavy atom. The van der Waals surface area contributed by atoms with E-state index in [1.165, 1.54) is 39.0 Å². The Kier molecular flexibility index (Phi) is 1.78. The molecule has 0 saturated carbocycles. The van der Waals surface area contributed by atoms with Crippen molar-refractivity contribution in [2.24, 2.45) is 4.99 Å². The summed E-state index contributed by atoms with van der Waals surface area (Å²) >= 11 is 0. The van der Waals surface area contributed by atoms with Gasteiger partial charge in [0.1, 0.15) is 0 Å². The fourth-order valence-corrected chi connectivity index (χ4v) is 3.29. The number of fused-ring (bicyclic) bond motifs is 6. The largest absolute Gasteiger partial charge is 0.358 e. The van der Waals surface area contributed by atoms with Gasteiger partial charge in [0.2, 0.25) is 0 Å². The maximum atomic E-state index is 4.77. The smallest absolute Gasteiger partial charge is 0.0712 e. The van der Waals surface area contributed by atoms with Crippen LogP contribution in [0.1, 0.15) is 16.8 Å². The molecule has 1 N–H and O–H groups in total. The molecule has 2 heteroatoms. The second kappa shape index (κ2) is 3.48. The molecule has 0 saturated heterocycles. The monoisotopic (exact) mass is 256 g/mol. The fraction of sp³-hybridized carbons (Fsp3) is 0.0556. The topological polar surface area (TPSA) is 28.1 Å². The van der Waals surface area contributed by atoms with Crippen molar-refractivity contribution in [3.8, 4) is 0 Å². The molecule has 3 aromatic rings. The van der Waals surface area contributed by atoms with Crippen LogP contribution in [0.4, 0.5) is 5.69 Å². The highest BCUT2D eigenvalue weighted by atomic mass is 14.8. The zero-order valence-corrected chi connectivity index (χ0v) is 10.9. The van der Waals surface area contributed by atoms with E-state index in [2.05, 4.69) is 59.6 Å². The molecule has 2 heterocycles. The van der Waals surface area contributed by atoms with Crippen LogP contribution in [0.25, 0.3) is 22.6 Å². The molecular weight excluding hydrogens is 244 g/mol. The van der Waals surface area contributed by atoms with E-state index in [0.29, 0.717) is 0 Å². The molecule has 0 fully saturated rings. The summed E-state index contributed by atoms with van der Waals surface area (Å²) < 4.78 is 0. The first-order valence-electron chi connectivity index (χ1n) is 6.89. The molecule has 2 aromatic carbocycles. The van der Waals surface area contributed by atoms with Gasteiger partial charge in [0, 0.05) is 39.7 Å². The zero-order chi connectivity index (χ0) is 13.1. The Hall–Kier alpha value is -2.61. The number of aliphatic imine (C=N–C) groups is 1. The maximum Gasteiger partial charge on any atom is 0.0712 e. The van der Waals surface area contributed by atoms with Crippen LogP contribution in [0.2, 0.25) is 0 Å². The Labute approximate surface area is 116 Å². The van der Waals surface area contributed by atoms with Gasteiger partial charge in [-0.15, -0.1) is 0 Å². The molecule has 5 rings (SSSR count). The zero-order valence-electron chi connectivity index (χ0n) is 10.9. The Morgan fingerprint density at radius 3 is 2.80 bits per heavy atom. The van der Waals surface area contributed by atoms with Gasteiger partial charge in [-0.3, -0.25) is 4.99 Å². The van der Waals surface area contributed by atoms with Crippen molar-refractivity contribution in [3.63, 3.8) is 0 Å². The molecule has 0 spiro atoms. The first-order chi connectivity index (χ1) is 9.90. The van der Waals surface area contributed by atoms with Crippen LogP contribution >= 0.6 is 0 Å². The Balaban J connectivity index is 1.82. The quantitative estimate of drug-likeness (QED) is 0.619. The van der Waals surface area contributed by atoms with Gasteiger partial charge in [0.05, 0.1) is 11.4 Å². The molecule has 2 aliphatic rings. The van der Waals surface area contributed by atoms with Crippen molar-refractivity contribution in [1.82, 2.24) is 4.98 Å². The average molecular weight is 256 g/mol. The van der Waals surface area contributed by atoms with E-state index in [-0.39, 0.29) is 0 Å². The minimum Gasteiger partial charge on any atom is -0.358 e. The lowest BCUT2D eigenvalue weighted by atomic mass is 9.91. The van der Waals surface area contributed by atoms with E-state index in [1.54, 1.807) is 0 Å².